The lowest BCUT2D eigenvalue weighted by atomic mass is 10.2. The van der Waals surface area contributed by atoms with E-state index in [1.165, 1.54) is 17.4 Å². The predicted molar refractivity (Wildman–Crippen MR) is 98.4 cm³/mol. The van der Waals surface area contributed by atoms with Crippen molar-refractivity contribution in [3.05, 3.63) is 63.0 Å². The number of thiazole rings is 1. The molecule has 0 amide bonds. The molecule has 0 atom stereocenters. The van der Waals surface area contributed by atoms with Crippen LogP contribution in [0.1, 0.15) is 35.1 Å². The van der Waals surface area contributed by atoms with Crippen LogP contribution in [0.5, 0.6) is 0 Å². The van der Waals surface area contributed by atoms with E-state index in [0.717, 1.165) is 17.8 Å². The number of rotatable bonds is 6. The summed E-state index contributed by atoms with van der Waals surface area (Å²) in [6.45, 7) is 4.69. The van der Waals surface area contributed by atoms with Crippen molar-refractivity contribution in [2.45, 2.75) is 26.8 Å². The molecule has 0 aliphatic rings. The maximum atomic E-state index is 12.1. The molecule has 2 aromatic heterocycles. The van der Waals surface area contributed by atoms with Crippen LogP contribution >= 0.6 is 11.3 Å². The summed E-state index contributed by atoms with van der Waals surface area (Å²) >= 11 is 1.45. The largest absolute Gasteiger partial charge is 0.462 e. The number of aromatic nitrogens is 2. The van der Waals surface area contributed by atoms with Gasteiger partial charge in [0.05, 0.1) is 24.4 Å². The molecule has 0 aliphatic heterocycles. The molecular formula is C18H19N3O3S. The molecule has 3 rings (SSSR count). The van der Waals surface area contributed by atoms with Gasteiger partial charge in [0.15, 0.2) is 4.96 Å². The summed E-state index contributed by atoms with van der Waals surface area (Å²) in [7, 11) is 0. The molecule has 25 heavy (non-hydrogen) atoms. The fraction of sp³-hybridized carbons (Fsp3) is 0.278. The Kier molecular flexibility index (Phi) is 5.14. The summed E-state index contributed by atoms with van der Waals surface area (Å²) in [6, 6.07) is 8.59. The minimum Gasteiger partial charge on any atom is -0.462 e. The van der Waals surface area contributed by atoms with Crippen molar-refractivity contribution < 1.29 is 9.53 Å². The lowest BCUT2D eigenvalue weighted by Crippen LogP contribution is -2.16. The van der Waals surface area contributed by atoms with Gasteiger partial charge in [-0.15, -0.1) is 11.3 Å². The van der Waals surface area contributed by atoms with Crippen molar-refractivity contribution in [3.63, 3.8) is 0 Å². The molecule has 3 aromatic rings. The molecule has 0 saturated heterocycles. The van der Waals surface area contributed by atoms with Gasteiger partial charge >= 0.3 is 5.97 Å². The third-order valence-electron chi connectivity index (χ3n) is 3.66. The minimum atomic E-state index is -0.318. The van der Waals surface area contributed by atoms with Crippen LogP contribution in [0.2, 0.25) is 0 Å². The van der Waals surface area contributed by atoms with Crippen molar-refractivity contribution in [1.82, 2.24) is 9.38 Å². The SMILES string of the molecule is CCCOC(=O)c1ccc(NCc2cc(=O)n3c(C)csc3n2)cc1. The zero-order valence-electron chi connectivity index (χ0n) is 14.1. The lowest BCUT2D eigenvalue weighted by molar-refractivity contribution is 0.0505. The van der Waals surface area contributed by atoms with Crippen molar-refractivity contribution in [1.29, 1.82) is 0 Å². The Bertz CT molecular complexity index is 944. The number of aryl methyl sites for hydroxylation is 1. The quantitative estimate of drug-likeness (QED) is 0.686. The van der Waals surface area contributed by atoms with Crippen LogP contribution in [-0.4, -0.2) is 22.0 Å². The first-order chi connectivity index (χ1) is 12.1. The molecule has 0 spiro atoms. The van der Waals surface area contributed by atoms with Crippen LogP contribution in [0.3, 0.4) is 0 Å². The molecule has 0 unspecified atom stereocenters. The topological polar surface area (TPSA) is 72.7 Å². The summed E-state index contributed by atoms with van der Waals surface area (Å²) in [5, 5.41) is 5.12. The van der Waals surface area contributed by atoms with E-state index >= 15 is 0 Å². The Hall–Kier alpha value is -2.67. The van der Waals surface area contributed by atoms with Crippen LogP contribution in [0.15, 0.2) is 40.5 Å². The third kappa shape index (κ3) is 3.88. The monoisotopic (exact) mass is 357 g/mol. The normalized spacial score (nSPS) is 10.8. The van der Waals surface area contributed by atoms with Crippen LogP contribution in [-0.2, 0) is 11.3 Å². The van der Waals surface area contributed by atoms with E-state index < -0.39 is 0 Å². The molecule has 0 aliphatic carbocycles. The second-order valence-corrected chi connectivity index (χ2v) is 6.48. The number of anilines is 1. The molecule has 130 valence electrons. The maximum absolute atomic E-state index is 12.1. The zero-order valence-corrected chi connectivity index (χ0v) is 14.9. The number of nitrogens with zero attached hydrogens (tertiary/aromatic N) is 2. The fourth-order valence-electron chi connectivity index (χ4n) is 2.39. The minimum absolute atomic E-state index is 0.0745. The number of carbonyl (C=O) groups excluding carboxylic acids is 1. The Balaban J connectivity index is 1.67. The molecule has 0 radical (unpaired) electrons. The summed E-state index contributed by atoms with van der Waals surface area (Å²) in [4.78, 5) is 29.1. The second kappa shape index (κ2) is 7.48. The highest BCUT2D eigenvalue weighted by Crippen LogP contribution is 2.14. The smallest absolute Gasteiger partial charge is 0.338 e. The number of nitrogens with one attached hydrogen (secondary N) is 1. The summed E-state index contributed by atoms with van der Waals surface area (Å²) in [5.74, 6) is -0.318. The average molecular weight is 357 g/mol. The Morgan fingerprint density at radius 3 is 2.80 bits per heavy atom. The predicted octanol–water partition coefficient (Wildman–Crippen LogP) is 3.24. The first kappa shape index (κ1) is 17.2. The van der Waals surface area contributed by atoms with Crippen molar-refractivity contribution >= 4 is 28.0 Å². The third-order valence-corrected chi connectivity index (χ3v) is 4.60. The molecule has 1 aromatic carbocycles. The molecule has 0 saturated carbocycles. The molecule has 6 nitrogen and oxygen atoms in total. The van der Waals surface area contributed by atoms with Crippen molar-refractivity contribution in [3.8, 4) is 0 Å². The van der Waals surface area contributed by atoms with Gasteiger partial charge < -0.3 is 10.1 Å². The highest BCUT2D eigenvalue weighted by molar-refractivity contribution is 7.15. The highest BCUT2D eigenvalue weighted by Gasteiger charge is 2.08. The van der Waals surface area contributed by atoms with E-state index in [9.17, 15) is 9.59 Å². The number of carbonyl (C=O) groups is 1. The number of esters is 1. The zero-order chi connectivity index (χ0) is 17.8. The van der Waals surface area contributed by atoms with Crippen LogP contribution in [0, 0.1) is 6.92 Å². The van der Waals surface area contributed by atoms with Crippen molar-refractivity contribution in [2.75, 3.05) is 11.9 Å². The van der Waals surface area contributed by atoms with Gasteiger partial charge in [-0.25, -0.2) is 9.78 Å². The Morgan fingerprint density at radius 2 is 2.08 bits per heavy atom. The molecule has 2 heterocycles. The molecule has 0 fully saturated rings. The van der Waals surface area contributed by atoms with Crippen LogP contribution < -0.4 is 10.9 Å². The van der Waals surface area contributed by atoms with Gasteiger partial charge in [0.1, 0.15) is 0 Å². The Morgan fingerprint density at radius 1 is 1.32 bits per heavy atom. The Labute approximate surface area is 149 Å². The first-order valence-electron chi connectivity index (χ1n) is 8.06. The fourth-order valence-corrected chi connectivity index (χ4v) is 3.28. The molecule has 7 heteroatoms. The van der Waals surface area contributed by atoms with Gasteiger partial charge in [-0.3, -0.25) is 9.20 Å². The lowest BCUT2D eigenvalue weighted by Gasteiger charge is -2.08. The number of fused-ring (bicyclic) bond motifs is 1. The van der Waals surface area contributed by atoms with E-state index in [-0.39, 0.29) is 11.5 Å². The van der Waals surface area contributed by atoms with Crippen molar-refractivity contribution in [2.24, 2.45) is 0 Å². The first-order valence-corrected chi connectivity index (χ1v) is 8.94. The van der Waals surface area contributed by atoms with E-state index in [4.69, 9.17) is 4.74 Å². The molecular weight excluding hydrogens is 338 g/mol. The number of benzene rings is 1. The number of ether oxygens (including phenoxy) is 1. The van der Waals surface area contributed by atoms with Gasteiger partial charge in [0.25, 0.3) is 5.56 Å². The summed E-state index contributed by atoms with van der Waals surface area (Å²) in [5.41, 5.74) is 2.86. The molecule has 1 N–H and O–H groups in total. The van der Waals surface area contributed by atoms with E-state index in [0.29, 0.717) is 29.4 Å². The average Bonchev–Trinajstić information content (AvgIpc) is 2.99. The standard InChI is InChI=1S/C18H19N3O3S/c1-3-8-24-17(23)13-4-6-14(7-5-13)19-10-15-9-16(22)21-12(2)11-25-18(21)20-15/h4-7,9,11,19H,3,8,10H2,1-2H3. The second-order valence-electron chi connectivity index (χ2n) is 5.65. The van der Waals surface area contributed by atoms with E-state index in [2.05, 4.69) is 10.3 Å². The van der Waals surface area contributed by atoms with Gasteiger partial charge in [0.2, 0.25) is 0 Å². The highest BCUT2D eigenvalue weighted by atomic mass is 32.1. The maximum Gasteiger partial charge on any atom is 0.338 e. The van der Waals surface area contributed by atoms with Crippen LogP contribution in [0.25, 0.3) is 4.96 Å². The van der Waals surface area contributed by atoms with Crippen LogP contribution in [0.4, 0.5) is 5.69 Å². The molecule has 0 bridgehead atoms. The van der Waals surface area contributed by atoms with Gasteiger partial charge in [0, 0.05) is 22.8 Å². The van der Waals surface area contributed by atoms with E-state index in [1.54, 1.807) is 16.5 Å². The number of hydrogen-bond donors (Lipinski definition) is 1. The van der Waals surface area contributed by atoms with E-state index in [1.807, 2.05) is 31.4 Å². The summed E-state index contributed by atoms with van der Waals surface area (Å²) < 4.78 is 6.70. The van der Waals surface area contributed by atoms with Gasteiger partial charge in [-0.2, -0.15) is 0 Å². The van der Waals surface area contributed by atoms with Gasteiger partial charge in [-0.05, 0) is 37.6 Å². The number of hydrogen-bond acceptors (Lipinski definition) is 6. The summed E-state index contributed by atoms with van der Waals surface area (Å²) in [6.07, 6.45) is 0.798. The van der Waals surface area contributed by atoms with Gasteiger partial charge in [-0.1, -0.05) is 6.92 Å².